The van der Waals surface area contributed by atoms with Crippen LogP contribution in [-0.2, 0) is 9.53 Å². The van der Waals surface area contributed by atoms with Gasteiger partial charge in [-0.2, -0.15) is 0 Å². The van der Waals surface area contributed by atoms with Gasteiger partial charge in [-0.25, -0.2) is 4.98 Å². The number of para-hydroxylation sites is 4. The zero-order valence-electron chi connectivity index (χ0n) is 19.3. The molecular weight excluding hydrogens is 424 g/mol. The molecule has 6 heteroatoms. The van der Waals surface area contributed by atoms with Crippen molar-refractivity contribution in [2.45, 2.75) is 25.9 Å². The van der Waals surface area contributed by atoms with E-state index in [0.717, 1.165) is 54.0 Å². The van der Waals surface area contributed by atoms with Crippen molar-refractivity contribution < 1.29 is 9.53 Å². The van der Waals surface area contributed by atoms with Gasteiger partial charge in [0.25, 0.3) is 0 Å². The number of aromatic nitrogens is 2. The van der Waals surface area contributed by atoms with Crippen LogP contribution in [-0.4, -0.2) is 35.2 Å². The summed E-state index contributed by atoms with van der Waals surface area (Å²) in [4.78, 5) is 19.7. The number of fused-ring (bicyclic) bond motifs is 5. The molecule has 6 nitrogen and oxygen atoms in total. The molecule has 2 aliphatic heterocycles. The Kier molecular flexibility index (Phi) is 5.21. The zero-order chi connectivity index (χ0) is 23.1. The van der Waals surface area contributed by atoms with Gasteiger partial charge in [-0.05, 0) is 50.1 Å². The number of esters is 1. The largest absolute Gasteiger partial charge is 0.466 e. The fourth-order valence-electron chi connectivity index (χ4n) is 5.35. The highest BCUT2D eigenvalue weighted by atomic mass is 16.5. The minimum atomic E-state index is -0.0868. The Bertz CT molecular complexity index is 1350. The summed E-state index contributed by atoms with van der Waals surface area (Å²) >= 11 is 0. The van der Waals surface area contributed by atoms with Crippen LogP contribution in [0.4, 0.5) is 11.4 Å². The third kappa shape index (κ3) is 3.41. The predicted octanol–water partition coefficient (Wildman–Crippen LogP) is 5.46. The zero-order valence-corrected chi connectivity index (χ0v) is 19.3. The molecule has 0 radical (unpaired) electrons. The quantitative estimate of drug-likeness (QED) is 0.417. The number of hydrogen-bond acceptors (Lipinski definition) is 5. The normalized spacial score (nSPS) is 17.7. The van der Waals surface area contributed by atoms with Crippen LogP contribution in [0.5, 0.6) is 0 Å². The van der Waals surface area contributed by atoms with Crippen molar-refractivity contribution in [2.24, 2.45) is 5.92 Å². The Balaban J connectivity index is 1.40. The van der Waals surface area contributed by atoms with Gasteiger partial charge in [0, 0.05) is 35.6 Å². The third-order valence-corrected chi connectivity index (χ3v) is 7.00. The Hall–Kier alpha value is -3.80. The number of carbonyl (C=O) groups excluding carboxylic acids is 1. The first-order valence-electron chi connectivity index (χ1n) is 12.1. The summed E-state index contributed by atoms with van der Waals surface area (Å²) in [6, 6.07) is 25.3. The topological polar surface area (TPSA) is 59.4 Å². The number of benzene rings is 3. The van der Waals surface area contributed by atoms with Crippen molar-refractivity contribution in [3.05, 3.63) is 78.4 Å². The SMILES string of the molecule is CCOC(=O)C1CCN(c2ccccc2[C@@H]2Nc3ccccc3-c3nc4ccccc4n32)CC1. The Morgan fingerprint density at radius 1 is 1.00 bits per heavy atom. The average Bonchev–Trinajstić information content (AvgIpc) is 3.29. The van der Waals surface area contributed by atoms with Crippen molar-refractivity contribution in [3.63, 3.8) is 0 Å². The lowest BCUT2D eigenvalue weighted by Gasteiger charge is -2.37. The smallest absolute Gasteiger partial charge is 0.309 e. The minimum Gasteiger partial charge on any atom is -0.466 e. The Morgan fingerprint density at radius 3 is 2.59 bits per heavy atom. The molecule has 1 saturated heterocycles. The van der Waals surface area contributed by atoms with Gasteiger partial charge in [-0.1, -0.05) is 42.5 Å². The summed E-state index contributed by atoms with van der Waals surface area (Å²) in [7, 11) is 0. The highest BCUT2D eigenvalue weighted by Crippen LogP contribution is 2.43. The average molecular weight is 453 g/mol. The van der Waals surface area contributed by atoms with Crippen LogP contribution in [0.15, 0.2) is 72.8 Å². The molecule has 0 bridgehead atoms. The van der Waals surface area contributed by atoms with Gasteiger partial charge < -0.3 is 15.0 Å². The maximum Gasteiger partial charge on any atom is 0.309 e. The molecule has 3 aromatic carbocycles. The van der Waals surface area contributed by atoms with Gasteiger partial charge in [0.05, 0.1) is 23.6 Å². The first-order chi connectivity index (χ1) is 16.7. The maximum absolute atomic E-state index is 12.2. The van der Waals surface area contributed by atoms with E-state index in [1.54, 1.807) is 0 Å². The lowest BCUT2D eigenvalue weighted by atomic mass is 9.95. The molecule has 0 saturated carbocycles. The predicted molar refractivity (Wildman–Crippen MR) is 135 cm³/mol. The van der Waals surface area contributed by atoms with E-state index in [1.165, 1.54) is 11.3 Å². The van der Waals surface area contributed by atoms with Crippen LogP contribution in [0.25, 0.3) is 22.4 Å². The molecule has 34 heavy (non-hydrogen) atoms. The highest BCUT2D eigenvalue weighted by molar-refractivity contribution is 5.87. The van der Waals surface area contributed by atoms with Gasteiger partial charge in [-0.3, -0.25) is 9.36 Å². The van der Waals surface area contributed by atoms with Gasteiger partial charge in [0.2, 0.25) is 0 Å². The lowest BCUT2D eigenvalue weighted by Crippen LogP contribution is -2.38. The number of hydrogen-bond donors (Lipinski definition) is 1. The minimum absolute atomic E-state index is 0.00719. The number of nitrogens with zero attached hydrogens (tertiary/aromatic N) is 3. The van der Waals surface area contributed by atoms with E-state index in [2.05, 4.69) is 81.5 Å². The van der Waals surface area contributed by atoms with Crippen LogP contribution in [0, 0.1) is 5.92 Å². The monoisotopic (exact) mass is 452 g/mol. The number of piperidine rings is 1. The van der Waals surface area contributed by atoms with Crippen molar-refractivity contribution >= 4 is 28.4 Å². The van der Waals surface area contributed by atoms with Crippen LogP contribution in [0.1, 0.15) is 31.5 Å². The summed E-state index contributed by atoms with van der Waals surface area (Å²) in [5.74, 6) is 0.916. The summed E-state index contributed by atoms with van der Waals surface area (Å²) < 4.78 is 7.59. The van der Waals surface area contributed by atoms with Gasteiger partial charge in [0.1, 0.15) is 12.0 Å². The number of rotatable bonds is 4. The Labute approximate surface area is 199 Å². The van der Waals surface area contributed by atoms with Crippen LogP contribution < -0.4 is 10.2 Å². The first-order valence-corrected chi connectivity index (χ1v) is 12.1. The van der Waals surface area contributed by atoms with Gasteiger partial charge in [0.15, 0.2) is 0 Å². The molecule has 0 amide bonds. The number of nitrogens with one attached hydrogen (secondary N) is 1. The summed E-state index contributed by atoms with van der Waals surface area (Å²) in [5.41, 5.74) is 6.71. The van der Waals surface area contributed by atoms with Crippen molar-refractivity contribution in [1.29, 1.82) is 0 Å². The molecule has 1 fully saturated rings. The second kappa shape index (κ2) is 8.52. The van der Waals surface area contributed by atoms with Crippen LogP contribution >= 0.6 is 0 Å². The molecule has 0 aliphatic carbocycles. The van der Waals surface area contributed by atoms with E-state index in [9.17, 15) is 4.79 Å². The maximum atomic E-state index is 12.2. The molecular formula is C28H28N4O2. The molecule has 1 atom stereocenters. The summed E-state index contributed by atoms with van der Waals surface area (Å²) in [6.45, 7) is 3.98. The van der Waals surface area contributed by atoms with E-state index >= 15 is 0 Å². The first kappa shape index (κ1) is 20.8. The molecule has 1 N–H and O–H groups in total. The highest BCUT2D eigenvalue weighted by Gasteiger charge is 2.32. The van der Waals surface area contributed by atoms with E-state index in [4.69, 9.17) is 9.72 Å². The molecule has 2 aliphatic rings. The molecule has 3 heterocycles. The summed E-state index contributed by atoms with van der Waals surface area (Å²) in [5, 5.41) is 3.79. The molecule has 1 aromatic heterocycles. The van der Waals surface area contributed by atoms with Crippen molar-refractivity contribution in [1.82, 2.24) is 9.55 Å². The van der Waals surface area contributed by atoms with E-state index in [1.807, 2.05) is 13.0 Å². The number of imidazole rings is 1. The Morgan fingerprint density at radius 2 is 1.74 bits per heavy atom. The fourth-order valence-corrected chi connectivity index (χ4v) is 5.35. The van der Waals surface area contributed by atoms with Crippen molar-refractivity contribution in [3.8, 4) is 11.4 Å². The van der Waals surface area contributed by atoms with Gasteiger partial charge >= 0.3 is 5.97 Å². The lowest BCUT2D eigenvalue weighted by molar-refractivity contribution is -0.148. The van der Waals surface area contributed by atoms with E-state index in [0.29, 0.717) is 6.61 Å². The molecule has 6 rings (SSSR count). The molecule has 172 valence electrons. The molecule has 0 spiro atoms. The van der Waals surface area contributed by atoms with Crippen LogP contribution in [0.3, 0.4) is 0 Å². The third-order valence-electron chi connectivity index (χ3n) is 7.00. The second-order valence-corrected chi connectivity index (χ2v) is 8.96. The number of anilines is 2. The number of ether oxygens (including phenoxy) is 1. The fraction of sp³-hybridized carbons (Fsp3) is 0.286. The number of carbonyl (C=O) groups is 1. The van der Waals surface area contributed by atoms with Crippen molar-refractivity contribution in [2.75, 3.05) is 29.9 Å². The van der Waals surface area contributed by atoms with Crippen LogP contribution in [0.2, 0.25) is 0 Å². The molecule has 4 aromatic rings. The van der Waals surface area contributed by atoms with E-state index < -0.39 is 0 Å². The van der Waals surface area contributed by atoms with Gasteiger partial charge in [-0.15, -0.1) is 0 Å². The standard InChI is InChI=1S/C28H28N4O2/c1-2-34-28(33)19-15-17-31(18-16-19)24-13-7-4-10-21(24)27-29-22-11-5-3-9-20(22)26-30-23-12-6-8-14-25(23)32(26)27/h3-14,19,27,29H,2,15-18H2,1H3/t27-/m1/s1. The summed E-state index contributed by atoms with van der Waals surface area (Å²) in [6.07, 6.45) is 1.54. The second-order valence-electron chi connectivity index (χ2n) is 8.96. The molecule has 0 unspecified atom stereocenters. The van der Waals surface area contributed by atoms with E-state index in [-0.39, 0.29) is 18.1 Å².